The van der Waals surface area contributed by atoms with E-state index >= 15 is 0 Å². The quantitative estimate of drug-likeness (QED) is 0.753. The largest absolute Gasteiger partial charge is 0.497 e. The van der Waals surface area contributed by atoms with Crippen LogP contribution in [0.4, 0.5) is 0 Å². The van der Waals surface area contributed by atoms with Crippen molar-refractivity contribution in [1.82, 2.24) is 19.6 Å². The molecule has 0 saturated carbocycles. The number of aromatic nitrogens is 2. The molecule has 1 amide bonds. The molecule has 2 saturated heterocycles. The van der Waals surface area contributed by atoms with Crippen molar-refractivity contribution in [3.8, 4) is 5.75 Å². The van der Waals surface area contributed by atoms with Gasteiger partial charge in [-0.25, -0.2) is 0 Å². The van der Waals surface area contributed by atoms with Crippen LogP contribution in [0.2, 0.25) is 0 Å². The molecule has 0 bridgehead atoms. The van der Waals surface area contributed by atoms with Crippen molar-refractivity contribution in [2.45, 2.75) is 38.6 Å². The van der Waals surface area contributed by atoms with Crippen LogP contribution in [-0.4, -0.2) is 58.8 Å². The Kier molecular flexibility index (Phi) is 5.90. The van der Waals surface area contributed by atoms with E-state index in [-0.39, 0.29) is 11.3 Å². The molecule has 0 N–H and O–H groups in total. The molecule has 156 valence electrons. The SMILES string of the molecule is COc1cccc(CN2CCCC3(CCN(C(=O)CCc4cnn(C)c4)C3)C2)c1. The lowest BCUT2D eigenvalue weighted by molar-refractivity contribution is -0.130. The Balaban J connectivity index is 1.32. The zero-order valence-electron chi connectivity index (χ0n) is 17.6. The third kappa shape index (κ3) is 4.81. The van der Waals surface area contributed by atoms with Crippen LogP contribution >= 0.6 is 0 Å². The van der Waals surface area contributed by atoms with Gasteiger partial charge in [-0.3, -0.25) is 14.4 Å². The first-order chi connectivity index (χ1) is 14.0. The maximum Gasteiger partial charge on any atom is 0.222 e. The number of nitrogens with zero attached hydrogens (tertiary/aromatic N) is 4. The summed E-state index contributed by atoms with van der Waals surface area (Å²) in [5.74, 6) is 1.20. The standard InChI is InChI=1S/C23H32N4O2/c1-25-15-20(14-24-25)7-8-22(28)27-12-10-23(18-27)9-4-11-26(17-23)16-19-5-3-6-21(13-19)29-2/h3,5-6,13-15H,4,7-12,16-18H2,1-2H3. The molecule has 0 aliphatic carbocycles. The Hall–Kier alpha value is -2.34. The zero-order chi connectivity index (χ0) is 20.3. The number of benzene rings is 1. The fourth-order valence-corrected chi connectivity index (χ4v) is 4.97. The predicted molar refractivity (Wildman–Crippen MR) is 113 cm³/mol. The van der Waals surface area contributed by atoms with Crippen LogP contribution in [0.3, 0.4) is 0 Å². The van der Waals surface area contributed by atoms with Crippen LogP contribution in [0.25, 0.3) is 0 Å². The summed E-state index contributed by atoms with van der Waals surface area (Å²) in [5, 5.41) is 4.19. The lowest BCUT2D eigenvalue weighted by atomic mass is 9.79. The van der Waals surface area contributed by atoms with Crippen molar-refractivity contribution in [2.24, 2.45) is 12.5 Å². The summed E-state index contributed by atoms with van der Waals surface area (Å²) in [6, 6.07) is 8.36. The van der Waals surface area contributed by atoms with Gasteiger partial charge < -0.3 is 9.64 Å². The van der Waals surface area contributed by atoms with E-state index in [0.717, 1.165) is 56.9 Å². The van der Waals surface area contributed by atoms with Crippen LogP contribution in [-0.2, 0) is 24.8 Å². The average Bonchev–Trinajstić information content (AvgIpc) is 3.33. The Morgan fingerprint density at radius 3 is 2.90 bits per heavy atom. The number of piperidine rings is 1. The van der Waals surface area contributed by atoms with Gasteiger partial charge in [-0.2, -0.15) is 5.10 Å². The van der Waals surface area contributed by atoms with Crippen LogP contribution in [0.15, 0.2) is 36.7 Å². The molecular weight excluding hydrogens is 364 g/mol. The van der Waals surface area contributed by atoms with Gasteiger partial charge in [0.1, 0.15) is 5.75 Å². The third-order valence-corrected chi connectivity index (χ3v) is 6.46. The van der Waals surface area contributed by atoms with Gasteiger partial charge in [0.15, 0.2) is 0 Å². The summed E-state index contributed by atoms with van der Waals surface area (Å²) in [6.07, 6.45) is 8.77. The number of hydrogen-bond donors (Lipinski definition) is 0. The van der Waals surface area contributed by atoms with Crippen molar-refractivity contribution >= 4 is 5.91 Å². The first-order valence-corrected chi connectivity index (χ1v) is 10.7. The fourth-order valence-electron chi connectivity index (χ4n) is 4.97. The first-order valence-electron chi connectivity index (χ1n) is 10.7. The van der Waals surface area contributed by atoms with Gasteiger partial charge in [-0.05, 0) is 55.5 Å². The van der Waals surface area contributed by atoms with Crippen molar-refractivity contribution in [3.05, 3.63) is 47.8 Å². The molecule has 2 aliphatic rings. The second-order valence-corrected chi connectivity index (χ2v) is 8.75. The molecule has 1 atom stereocenters. The normalized spacial score (nSPS) is 22.3. The monoisotopic (exact) mass is 396 g/mol. The van der Waals surface area contributed by atoms with Gasteiger partial charge in [0.2, 0.25) is 5.91 Å². The number of hydrogen-bond acceptors (Lipinski definition) is 4. The minimum Gasteiger partial charge on any atom is -0.497 e. The van der Waals surface area contributed by atoms with E-state index < -0.39 is 0 Å². The first kappa shape index (κ1) is 20.0. The number of aryl methyl sites for hydroxylation is 2. The second-order valence-electron chi connectivity index (χ2n) is 8.75. The number of carbonyl (C=O) groups excluding carboxylic acids is 1. The van der Waals surface area contributed by atoms with Crippen molar-refractivity contribution in [2.75, 3.05) is 33.3 Å². The van der Waals surface area contributed by atoms with Crippen LogP contribution in [0.5, 0.6) is 5.75 Å². The zero-order valence-corrected chi connectivity index (χ0v) is 17.6. The molecule has 1 aromatic carbocycles. The van der Waals surface area contributed by atoms with Crippen molar-refractivity contribution in [3.63, 3.8) is 0 Å². The van der Waals surface area contributed by atoms with Gasteiger partial charge in [-0.1, -0.05) is 12.1 Å². The summed E-state index contributed by atoms with van der Waals surface area (Å²) in [7, 11) is 3.63. The summed E-state index contributed by atoms with van der Waals surface area (Å²) in [6.45, 7) is 4.98. The van der Waals surface area contributed by atoms with Gasteiger partial charge in [0.05, 0.1) is 13.3 Å². The number of ether oxygens (including phenoxy) is 1. The predicted octanol–water partition coefficient (Wildman–Crippen LogP) is 2.88. The van der Waals surface area contributed by atoms with Crippen LogP contribution in [0, 0.1) is 5.41 Å². The third-order valence-electron chi connectivity index (χ3n) is 6.46. The van der Waals surface area contributed by atoms with Crippen molar-refractivity contribution < 1.29 is 9.53 Å². The highest BCUT2D eigenvalue weighted by atomic mass is 16.5. The number of carbonyl (C=O) groups is 1. The lowest BCUT2D eigenvalue weighted by Gasteiger charge is -2.40. The van der Waals surface area contributed by atoms with Crippen molar-refractivity contribution in [1.29, 1.82) is 0 Å². The summed E-state index contributed by atoms with van der Waals surface area (Å²) >= 11 is 0. The van der Waals surface area contributed by atoms with E-state index in [0.29, 0.717) is 6.42 Å². The topological polar surface area (TPSA) is 50.6 Å². The highest BCUT2D eigenvalue weighted by molar-refractivity contribution is 5.76. The molecule has 2 aromatic rings. The molecule has 2 fully saturated rings. The molecule has 6 nitrogen and oxygen atoms in total. The maximum atomic E-state index is 12.8. The summed E-state index contributed by atoms with van der Waals surface area (Å²) in [5.41, 5.74) is 2.70. The molecular formula is C23H32N4O2. The van der Waals surface area contributed by atoms with Crippen LogP contribution < -0.4 is 4.74 Å². The van der Waals surface area contributed by atoms with Crippen LogP contribution in [0.1, 0.15) is 36.8 Å². The van der Waals surface area contributed by atoms with E-state index in [4.69, 9.17) is 4.74 Å². The molecule has 3 heterocycles. The maximum absolute atomic E-state index is 12.8. The minimum atomic E-state index is 0.265. The van der Waals surface area contributed by atoms with Gasteiger partial charge in [0, 0.05) is 51.3 Å². The smallest absolute Gasteiger partial charge is 0.222 e. The number of rotatable bonds is 6. The molecule has 4 rings (SSSR count). The Bertz CT molecular complexity index is 849. The molecule has 1 aromatic heterocycles. The van der Waals surface area contributed by atoms with E-state index in [9.17, 15) is 4.79 Å². The molecule has 0 radical (unpaired) electrons. The molecule has 2 aliphatic heterocycles. The lowest BCUT2D eigenvalue weighted by Crippen LogP contribution is -2.45. The van der Waals surface area contributed by atoms with E-state index in [2.05, 4.69) is 33.1 Å². The number of methoxy groups -OCH3 is 1. The average molecular weight is 397 g/mol. The Morgan fingerprint density at radius 1 is 1.21 bits per heavy atom. The highest BCUT2D eigenvalue weighted by Gasteiger charge is 2.42. The molecule has 1 unspecified atom stereocenters. The van der Waals surface area contributed by atoms with Gasteiger partial charge in [-0.15, -0.1) is 0 Å². The molecule has 29 heavy (non-hydrogen) atoms. The summed E-state index contributed by atoms with van der Waals surface area (Å²) in [4.78, 5) is 17.4. The van der Waals surface area contributed by atoms with E-state index in [1.54, 1.807) is 11.8 Å². The molecule has 6 heteroatoms. The number of likely N-dealkylation sites (tertiary alicyclic amines) is 2. The van der Waals surface area contributed by atoms with E-state index in [1.165, 1.54) is 18.4 Å². The Labute approximate surface area is 173 Å². The fraction of sp³-hybridized carbons (Fsp3) is 0.565. The summed E-state index contributed by atoms with van der Waals surface area (Å²) < 4.78 is 7.16. The van der Waals surface area contributed by atoms with E-state index in [1.807, 2.05) is 25.5 Å². The minimum absolute atomic E-state index is 0.265. The second kappa shape index (κ2) is 8.57. The highest BCUT2D eigenvalue weighted by Crippen LogP contribution is 2.39. The van der Waals surface area contributed by atoms with Gasteiger partial charge in [0.25, 0.3) is 0 Å². The molecule has 1 spiro atoms. The Morgan fingerprint density at radius 2 is 2.10 bits per heavy atom. The number of amides is 1. The van der Waals surface area contributed by atoms with Gasteiger partial charge >= 0.3 is 0 Å².